The number of amides is 3. The number of aliphatic hydroxyl groups excluding tert-OH is 1. The Labute approximate surface area is 137 Å². The highest BCUT2D eigenvalue weighted by atomic mass is 16.6. The molecule has 0 aliphatic heterocycles. The van der Waals surface area contributed by atoms with E-state index in [0.717, 1.165) is 12.8 Å². The fraction of sp³-hybridized carbons (Fsp3) is 0.429. The minimum absolute atomic E-state index is 0.113. The zero-order valence-electron chi connectivity index (χ0n) is 12.9. The van der Waals surface area contributed by atoms with Gasteiger partial charge in [0, 0.05) is 24.7 Å². The summed E-state index contributed by atoms with van der Waals surface area (Å²) in [5.74, 6) is -0.562. The van der Waals surface area contributed by atoms with Gasteiger partial charge in [-0.2, -0.15) is 0 Å². The van der Waals surface area contributed by atoms with E-state index in [-0.39, 0.29) is 31.4 Å². The van der Waals surface area contributed by atoms with Crippen LogP contribution in [-0.2, 0) is 4.79 Å². The summed E-state index contributed by atoms with van der Waals surface area (Å²) in [6.07, 6.45) is 1.82. The van der Waals surface area contributed by atoms with Crippen molar-refractivity contribution in [1.82, 2.24) is 10.6 Å². The molecule has 1 aliphatic rings. The number of nitro groups is 1. The van der Waals surface area contributed by atoms with Crippen LogP contribution in [-0.4, -0.2) is 47.7 Å². The number of hydrogen-bond donors (Lipinski definition) is 5. The molecule has 0 bridgehead atoms. The summed E-state index contributed by atoms with van der Waals surface area (Å²) < 4.78 is 0. The third kappa shape index (κ3) is 5.39. The van der Waals surface area contributed by atoms with Gasteiger partial charge in [-0.05, 0) is 18.9 Å². The van der Waals surface area contributed by atoms with Gasteiger partial charge in [0.05, 0.1) is 29.4 Å². The average molecular weight is 337 g/mol. The third-order valence-corrected chi connectivity index (χ3v) is 3.25. The van der Waals surface area contributed by atoms with Crippen LogP contribution in [0.2, 0.25) is 0 Å². The van der Waals surface area contributed by atoms with Crippen molar-refractivity contribution in [3.63, 3.8) is 0 Å². The molecule has 1 aromatic carbocycles. The predicted molar refractivity (Wildman–Crippen MR) is 86.9 cm³/mol. The lowest BCUT2D eigenvalue weighted by molar-refractivity contribution is -0.384. The van der Waals surface area contributed by atoms with E-state index in [1.54, 1.807) is 0 Å². The zero-order chi connectivity index (χ0) is 17.5. The average Bonchev–Trinajstić information content (AvgIpc) is 3.34. The smallest absolute Gasteiger partial charge is 0.321 e. The third-order valence-electron chi connectivity index (χ3n) is 3.25. The summed E-state index contributed by atoms with van der Waals surface area (Å²) in [6.45, 7) is -0.0895. The van der Waals surface area contributed by atoms with E-state index in [1.165, 1.54) is 18.2 Å². The van der Waals surface area contributed by atoms with Crippen molar-refractivity contribution in [1.29, 1.82) is 0 Å². The standard InChI is InChI=1S/C14H19N5O5/c20-6-5-15-11-4-3-10(19(23)24)7-12(11)16-8-13(21)18-14(22)17-9-1-2-9/h3-4,7,9,15-16,20H,1-2,5-6,8H2,(H2,17,18,21,22). The Bertz CT molecular complexity index is 632. The molecule has 0 unspecified atom stereocenters. The van der Waals surface area contributed by atoms with Crippen LogP contribution in [0.25, 0.3) is 0 Å². The molecule has 1 aliphatic carbocycles. The number of benzene rings is 1. The van der Waals surface area contributed by atoms with Crippen LogP contribution in [0.15, 0.2) is 18.2 Å². The van der Waals surface area contributed by atoms with Crippen molar-refractivity contribution in [2.45, 2.75) is 18.9 Å². The molecule has 1 aromatic rings. The first kappa shape index (κ1) is 17.5. The lowest BCUT2D eigenvalue weighted by Gasteiger charge is -2.13. The van der Waals surface area contributed by atoms with Gasteiger partial charge in [0.25, 0.3) is 5.69 Å². The minimum Gasteiger partial charge on any atom is -0.395 e. The fourth-order valence-electron chi connectivity index (χ4n) is 1.93. The van der Waals surface area contributed by atoms with Crippen LogP contribution in [0.4, 0.5) is 21.9 Å². The van der Waals surface area contributed by atoms with Crippen molar-refractivity contribution in [2.24, 2.45) is 0 Å². The van der Waals surface area contributed by atoms with Gasteiger partial charge in [0.15, 0.2) is 0 Å². The second-order valence-corrected chi connectivity index (χ2v) is 5.29. The molecule has 10 heteroatoms. The molecule has 1 fully saturated rings. The molecule has 2 rings (SSSR count). The molecule has 5 N–H and O–H groups in total. The Balaban J connectivity index is 1.94. The Hall–Kier alpha value is -2.88. The maximum absolute atomic E-state index is 11.7. The van der Waals surface area contributed by atoms with Crippen LogP contribution in [0.5, 0.6) is 0 Å². The molecule has 0 aromatic heterocycles. The van der Waals surface area contributed by atoms with E-state index in [0.29, 0.717) is 11.4 Å². The van der Waals surface area contributed by atoms with Gasteiger partial charge < -0.3 is 21.1 Å². The number of carbonyl (C=O) groups is 2. The minimum atomic E-state index is -0.562. The number of non-ortho nitro benzene ring substituents is 1. The Kier molecular flexibility index (Phi) is 5.90. The molecule has 0 radical (unpaired) electrons. The quantitative estimate of drug-likeness (QED) is 0.341. The largest absolute Gasteiger partial charge is 0.395 e. The second-order valence-electron chi connectivity index (χ2n) is 5.29. The summed E-state index contributed by atoms with van der Waals surface area (Å²) in [5.41, 5.74) is 0.694. The zero-order valence-corrected chi connectivity index (χ0v) is 12.9. The molecule has 10 nitrogen and oxygen atoms in total. The molecule has 3 amide bonds. The number of anilines is 2. The predicted octanol–water partition coefficient (Wildman–Crippen LogP) is 0.399. The van der Waals surface area contributed by atoms with Crippen molar-refractivity contribution in [3.05, 3.63) is 28.3 Å². The summed E-state index contributed by atoms with van der Waals surface area (Å²) in [7, 11) is 0. The van der Waals surface area contributed by atoms with E-state index in [2.05, 4.69) is 21.3 Å². The topological polar surface area (TPSA) is 146 Å². The van der Waals surface area contributed by atoms with Crippen molar-refractivity contribution in [2.75, 3.05) is 30.3 Å². The Morgan fingerprint density at radius 1 is 1.25 bits per heavy atom. The molecule has 0 heterocycles. The maximum Gasteiger partial charge on any atom is 0.321 e. The summed E-state index contributed by atoms with van der Waals surface area (Å²) >= 11 is 0. The number of hydrogen-bond acceptors (Lipinski definition) is 7. The van der Waals surface area contributed by atoms with Crippen LogP contribution in [0.1, 0.15) is 12.8 Å². The van der Waals surface area contributed by atoms with Gasteiger partial charge in [-0.15, -0.1) is 0 Å². The van der Waals surface area contributed by atoms with E-state index in [4.69, 9.17) is 5.11 Å². The number of rotatable bonds is 8. The van der Waals surface area contributed by atoms with E-state index < -0.39 is 16.9 Å². The van der Waals surface area contributed by atoms with Gasteiger partial charge in [-0.25, -0.2) is 4.79 Å². The highest BCUT2D eigenvalue weighted by Crippen LogP contribution is 2.26. The van der Waals surface area contributed by atoms with Crippen molar-refractivity contribution < 1.29 is 19.6 Å². The monoisotopic (exact) mass is 337 g/mol. The lowest BCUT2D eigenvalue weighted by atomic mass is 10.2. The normalized spacial score (nSPS) is 13.0. The summed E-state index contributed by atoms with van der Waals surface area (Å²) in [4.78, 5) is 33.5. The van der Waals surface area contributed by atoms with E-state index >= 15 is 0 Å². The summed E-state index contributed by atoms with van der Waals surface area (Å²) in [5, 5.41) is 30.1. The van der Waals surface area contributed by atoms with Crippen LogP contribution < -0.4 is 21.3 Å². The van der Waals surface area contributed by atoms with Gasteiger partial charge in [-0.3, -0.25) is 20.2 Å². The number of nitro benzene ring substituents is 1. The first-order valence-electron chi connectivity index (χ1n) is 7.47. The SMILES string of the molecule is O=C(CNc1cc([N+](=O)[O-])ccc1NCCO)NC(=O)NC1CC1. The number of carbonyl (C=O) groups excluding carboxylic acids is 2. The van der Waals surface area contributed by atoms with Crippen molar-refractivity contribution in [3.8, 4) is 0 Å². The second kappa shape index (κ2) is 8.11. The van der Waals surface area contributed by atoms with E-state index in [9.17, 15) is 19.7 Å². The number of nitrogens with zero attached hydrogens (tertiary/aromatic N) is 1. The molecule has 1 saturated carbocycles. The highest BCUT2D eigenvalue weighted by molar-refractivity contribution is 5.96. The number of urea groups is 1. The van der Waals surface area contributed by atoms with Gasteiger partial charge >= 0.3 is 6.03 Å². The van der Waals surface area contributed by atoms with Gasteiger partial charge in [-0.1, -0.05) is 0 Å². The molecular weight excluding hydrogens is 318 g/mol. The number of nitrogens with one attached hydrogen (secondary N) is 4. The lowest BCUT2D eigenvalue weighted by Crippen LogP contribution is -2.42. The molecule has 130 valence electrons. The fourth-order valence-corrected chi connectivity index (χ4v) is 1.93. The van der Waals surface area contributed by atoms with Gasteiger partial charge in [0.2, 0.25) is 5.91 Å². The number of aliphatic hydroxyl groups is 1. The van der Waals surface area contributed by atoms with Crippen LogP contribution in [0, 0.1) is 10.1 Å². The van der Waals surface area contributed by atoms with E-state index in [1.807, 2.05) is 0 Å². The Morgan fingerprint density at radius 2 is 2.00 bits per heavy atom. The Morgan fingerprint density at radius 3 is 2.62 bits per heavy atom. The number of imide groups is 1. The molecule has 0 atom stereocenters. The first-order valence-corrected chi connectivity index (χ1v) is 7.47. The molecule has 0 spiro atoms. The molecule has 0 saturated heterocycles. The van der Waals surface area contributed by atoms with Crippen molar-refractivity contribution >= 4 is 29.0 Å². The van der Waals surface area contributed by atoms with Gasteiger partial charge in [0.1, 0.15) is 0 Å². The molecule has 24 heavy (non-hydrogen) atoms. The first-order chi connectivity index (χ1) is 11.5. The van der Waals surface area contributed by atoms with Crippen LogP contribution in [0.3, 0.4) is 0 Å². The van der Waals surface area contributed by atoms with Crippen LogP contribution >= 0.6 is 0 Å². The maximum atomic E-state index is 11.7. The molecular formula is C14H19N5O5. The summed E-state index contributed by atoms with van der Waals surface area (Å²) in [6, 6.07) is 3.65. The highest BCUT2D eigenvalue weighted by Gasteiger charge is 2.23.